The predicted octanol–water partition coefficient (Wildman–Crippen LogP) is 4.20. The van der Waals surface area contributed by atoms with Crippen LogP contribution in [-0.2, 0) is 12.8 Å². The number of ether oxygens (including phenoxy) is 2. The Kier molecular flexibility index (Phi) is 6.35. The highest BCUT2D eigenvalue weighted by molar-refractivity contribution is 5.28. The Balaban J connectivity index is 1.40. The Morgan fingerprint density at radius 1 is 0.800 bits per heavy atom. The second kappa shape index (κ2) is 8.91. The molecule has 1 saturated heterocycles. The van der Waals surface area contributed by atoms with Crippen LogP contribution in [0.15, 0.2) is 48.5 Å². The Morgan fingerprint density at radius 3 is 1.84 bits per heavy atom. The van der Waals surface area contributed by atoms with Crippen LogP contribution in [0.3, 0.4) is 0 Å². The Bertz CT molecular complexity index is 628. The maximum absolute atomic E-state index is 5.24. The highest BCUT2D eigenvalue weighted by Gasteiger charge is 2.19. The van der Waals surface area contributed by atoms with Crippen molar-refractivity contribution >= 4 is 0 Å². The molecule has 134 valence electrons. The Morgan fingerprint density at radius 2 is 1.32 bits per heavy atom. The minimum atomic E-state index is 0.811. The summed E-state index contributed by atoms with van der Waals surface area (Å²) in [5.74, 6) is 2.69. The van der Waals surface area contributed by atoms with Gasteiger partial charge in [0.1, 0.15) is 11.5 Å². The molecule has 2 aromatic rings. The molecule has 1 fully saturated rings. The van der Waals surface area contributed by atoms with E-state index in [1.807, 2.05) is 0 Å². The lowest BCUT2D eigenvalue weighted by atomic mass is 9.90. The monoisotopic (exact) mass is 339 g/mol. The van der Waals surface area contributed by atoms with Crippen LogP contribution in [-0.4, -0.2) is 38.8 Å². The van der Waals surface area contributed by atoms with Gasteiger partial charge in [0.15, 0.2) is 0 Å². The Hall–Kier alpha value is -2.00. The number of hydrogen-bond acceptors (Lipinski definition) is 3. The van der Waals surface area contributed by atoms with Crippen LogP contribution in [0.1, 0.15) is 24.0 Å². The summed E-state index contributed by atoms with van der Waals surface area (Å²) in [6.45, 7) is 3.59. The van der Waals surface area contributed by atoms with Crippen molar-refractivity contribution in [2.75, 3.05) is 33.9 Å². The first-order chi connectivity index (χ1) is 12.3. The van der Waals surface area contributed by atoms with E-state index in [4.69, 9.17) is 9.47 Å². The quantitative estimate of drug-likeness (QED) is 0.754. The van der Waals surface area contributed by atoms with Gasteiger partial charge in [-0.3, -0.25) is 0 Å². The molecule has 3 rings (SSSR count). The van der Waals surface area contributed by atoms with Gasteiger partial charge in [-0.2, -0.15) is 0 Å². The summed E-state index contributed by atoms with van der Waals surface area (Å²) in [7, 11) is 3.43. The molecule has 3 heteroatoms. The van der Waals surface area contributed by atoms with Gasteiger partial charge in [0.25, 0.3) is 0 Å². The van der Waals surface area contributed by atoms with Crippen molar-refractivity contribution in [2.24, 2.45) is 5.92 Å². The summed E-state index contributed by atoms with van der Waals surface area (Å²) in [5.41, 5.74) is 2.82. The maximum atomic E-state index is 5.24. The zero-order chi connectivity index (χ0) is 17.5. The summed E-state index contributed by atoms with van der Waals surface area (Å²) in [6, 6.07) is 17.0. The molecule has 0 unspecified atom stereocenters. The molecule has 1 heterocycles. The topological polar surface area (TPSA) is 21.7 Å². The molecule has 0 N–H and O–H groups in total. The van der Waals surface area contributed by atoms with Gasteiger partial charge in [-0.25, -0.2) is 0 Å². The first-order valence-electron chi connectivity index (χ1n) is 9.25. The van der Waals surface area contributed by atoms with Crippen LogP contribution in [0.5, 0.6) is 11.5 Å². The third-order valence-corrected chi connectivity index (χ3v) is 5.27. The lowest BCUT2D eigenvalue weighted by molar-refractivity contribution is 0.186. The Labute approximate surface area is 151 Å². The van der Waals surface area contributed by atoms with E-state index >= 15 is 0 Å². The van der Waals surface area contributed by atoms with Crippen molar-refractivity contribution in [2.45, 2.75) is 25.7 Å². The van der Waals surface area contributed by atoms with Crippen molar-refractivity contribution < 1.29 is 9.47 Å². The molecule has 0 aromatic heterocycles. The van der Waals surface area contributed by atoms with Gasteiger partial charge in [0.05, 0.1) is 14.2 Å². The molecule has 1 aliphatic heterocycles. The van der Waals surface area contributed by atoms with Crippen LogP contribution in [0.25, 0.3) is 0 Å². The molecule has 0 amide bonds. The second-order valence-corrected chi connectivity index (χ2v) is 6.94. The SMILES string of the molecule is COc1ccc(CCN2CCC(Cc3ccc(OC)cc3)CC2)cc1. The molecule has 2 aromatic carbocycles. The fourth-order valence-corrected chi connectivity index (χ4v) is 3.59. The van der Waals surface area contributed by atoms with Crippen molar-refractivity contribution in [3.05, 3.63) is 59.7 Å². The first-order valence-corrected chi connectivity index (χ1v) is 9.25. The number of rotatable bonds is 7. The molecule has 0 aliphatic carbocycles. The van der Waals surface area contributed by atoms with Gasteiger partial charge in [0.2, 0.25) is 0 Å². The van der Waals surface area contributed by atoms with E-state index in [2.05, 4.69) is 53.4 Å². The van der Waals surface area contributed by atoms with Gasteiger partial charge in [-0.15, -0.1) is 0 Å². The largest absolute Gasteiger partial charge is 0.497 e. The van der Waals surface area contributed by atoms with Gasteiger partial charge < -0.3 is 14.4 Å². The predicted molar refractivity (Wildman–Crippen MR) is 103 cm³/mol. The average Bonchev–Trinajstić information content (AvgIpc) is 2.68. The summed E-state index contributed by atoms with van der Waals surface area (Å²) in [4.78, 5) is 2.61. The van der Waals surface area contributed by atoms with E-state index in [1.165, 1.54) is 43.5 Å². The second-order valence-electron chi connectivity index (χ2n) is 6.94. The normalized spacial score (nSPS) is 15.9. The lowest BCUT2D eigenvalue weighted by Crippen LogP contribution is -2.35. The molecule has 0 spiro atoms. The fraction of sp³-hybridized carbons (Fsp3) is 0.455. The van der Waals surface area contributed by atoms with Crippen LogP contribution in [0.2, 0.25) is 0 Å². The fourth-order valence-electron chi connectivity index (χ4n) is 3.59. The van der Waals surface area contributed by atoms with E-state index in [1.54, 1.807) is 14.2 Å². The molecule has 0 bridgehead atoms. The van der Waals surface area contributed by atoms with E-state index in [9.17, 15) is 0 Å². The minimum absolute atomic E-state index is 0.811. The summed E-state index contributed by atoms with van der Waals surface area (Å²) < 4.78 is 10.5. The van der Waals surface area contributed by atoms with Crippen molar-refractivity contribution in [3.63, 3.8) is 0 Å². The van der Waals surface area contributed by atoms with Crippen molar-refractivity contribution in [1.29, 1.82) is 0 Å². The highest BCUT2D eigenvalue weighted by Crippen LogP contribution is 2.23. The van der Waals surface area contributed by atoms with Crippen LogP contribution in [0, 0.1) is 5.92 Å². The van der Waals surface area contributed by atoms with E-state index in [-0.39, 0.29) is 0 Å². The maximum Gasteiger partial charge on any atom is 0.118 e. The van der Waals surface area contributed by atoms with Gasteiger partial charge in [0, 0.05) is 6.54 Å². The lowest BCUT2D eigenvalue weighted by Gasteiger charge is -2.32. The smallest absolute Gasteiger partial charge is 0.118 e. The third kappa shape index (κ3) is 5.23. The summed E-state index contributed by atoms with van der Waals surface area (Å²) >= 11 is 0. The van der Waals surface area contributed by atoms with Crippen molar-refractivity contribution in [3.8, 4) is 11.5 Å². The molecular weight excluding hydrogens is 310 g/mol. The molecule has 0 atom stereocenters. The van der Waals surface area contributed by atoms with Gasteiger partial charge in [-0.05, 0) is 80.1 Å². The number of likely N-dealkylation sites (tertiary alicyclic amines) is 1. The van der Waals surface area contributed by atoms with Crippen LogP contribution >= 0.6 is 0 Å². The van der Waals surface area contributed by atoms with Gasteiger partial charge >= 0.3 is 0 Å². The number of hydrogen-bond donors (Lipinski definition) is 0. The number of methoxy groups -OCH3 is 2. The number of piperidine rings is 1. The molecule has 25 heavy (non-hydrogen) atoms. The first kappa shape index (κ1) is 17.8. The van der Waals surface area contributed by atoms with E-state index < -0.39 is 0 Å². The molecule has 3 nitrogen and oxygen atoms in total. The zero-order valence-corrected chi connectivity index (χ0v) is 15.4. The molecule has 0 radical (unpaired) electrons. The van der Waals surface area contributed by atoms with E-state index in [0.717, 1.165) is 30.4 Å². The average molecular weight is 339 g/mol. The van der Waals surface area contributed by atoms with Crippen molar-refractivity contribution in [1.82, 2.24) is 4.90 Å². The summed E-state index contributed by atoms with van der Waals surface area (Å²) in [6.07, 6.45) is 4.91. The van der Waals surface area contributed by atoms with E-state index in [0.29, 0.717) is 0 Å². The molecule has 1 aliphatic rings. The molecular formula is C22H29NO2. The molecule has 0 saturated carbocycles. The minimum Gasteiger partial charge on any atom is -0.497 e. The number of nitrogens with zero attached hydrogens (tertiary/aromatic N) is 1. The van der Waals surface area contributed by atoms with Crippen LogP contribution in [0.4, 0.5) is 0 Å². The summed E-state index contributed by atoms with van der Waals surface area (Å²) in [5, 5.41) is 0. The highest BCUT2D eigenvalue weighted by atomic mass is 16.5. The van der Waals surface area contributed by atoms with Gasteiger partial charge in [-0.1, -0.05) is 24.3 Å². The zero-order valence-electron chi connectivity index (χ0n) is 15.4. The van der Waals surface area contributed by atoms with Crippen LogP contribution < -0.4 is 9.47 Å². The third-order valence-electron chi connectivity index (χ3n) is 5.27. The number of benzene rings is 2. The standard InChI is InChI=1S/C22H29NO2/c1-24-21-7-3-18(4-8-21)11-14-23-15-12-20(13-16-23)17-19-5-9-22(25-2)10-6-19/h3-10,20H,11-17H2,1-2H3.